The monoisotopic (exact) mass is 238 g/mol. The minimum atomic E-state index is -0.122. The van der Waals surface area contributed by atoms with Gasteiger partial charge in [-0.1, -0.05) is 20.3 Å². The van der Waals surface area contributed by atoms with E-state index in [1.54, 1.807) is 11.3 Å². The Kier molecular flexibility index (Phi) is 3.65. The van der Waals surface area contributed by atoms with Gasteiger partial charge in [0.2, 0.25) is 0 Å². The summed E-state index contributed by atoms with van der Waals surface area (Å²) >= 11 is 1.76. The van der Waals surface area contributed by atoms with Crippen molar-refractivity contribution in [3.8, 4) is 0 Å². The Morgan fingerprint density at radius 2 is 2.19 bits per heavy atom. The maximum atomic E-state index is 6.50. The molecule has 1 aliphatic rings. The number of aromatic nitrogens is 1. The van der Waals surface area contributed by atoms with Crippen molar-refractivity contribution in [3.63, 3.8) is 0 Å². The first-order valence-electron chi connectivity index (χ1n) is 6.38. The number of hydrogen-bond donors (Lipinski definition) is 1. The Hall–Kier alpha value is -0.410. The lowest BCUT2D eigenvalue weighted by Gasteiger charge is -2.34. The molecule has 2 rings (SSSR count). The lowest BCUT2D eigenvalue weighted by Crippen LogP contribution is -2.40. The standard InChI is InChI=1S/C13H22N2S/c1-3-4-11-9-16-12(15-11)13(14)7-5-10(2)6-8-13/h9-10H,3-8,14H2,1-2H3. The van der Waals surface area contributed by atoms with Gasteiger partial charge in [0.1, 0.15) is 5.01 Å². The summed E-state index contributed by atoms with van der Waals surface area (Å²) in [5.41, 5.74) is 7.61. The maximum Gasteiger partial charge on any atom is 0.113 e. The summed E-state index contributed by atoms with van der Waals surface area (Å²) < 4.78 is 0. The lowest BCUT2D eigenvalue weighted by molar-refractivity contribution is 0.247. The molecule has 0 amide bonds. The van der Waals surface area contributed by atoms with Crippen LogP contribution in [0.25, 0.3) is 0 Å². The summed E-state index contributed by atoms with van der Waals surface area (Å²) in [6.45, 7) is 4.52. The van der Waals surface area contributed by atoms with Gasteiger partial charge >= 0.3 is 0 Å². The molecule has 0 aliphatic heterocycles. The Morgan fingerprint density at radius 1 is 1.50 bits per heavy atom. The Balaban J connectivity index is 2.09. The van der Waals surface area contributed by atoms with E-state index in [2.05, 4.69) is 19.2 Å². The van der Waals surface area contributed by atoms with E-state index in [9.17, 15) is 0 Å². The zero-order valence-corrected chi connectivity index (χ0v) is 11.1. The van der Waals surface area contributed by atoms with E-state index in [0.717, 1.165) is 31.6 Å². The fourth-order valence-electron chi connectivity index (χ4n) is 2.40. The fourth-order valence-corrected chi connectivity index (χ4v) is 3.42. The molecule has 2 nitrogen and oxygen atoms in total. The van der Waals surface area contributed by atoms with Gasteiger partial charge < -0.3 is 5.73 Å². The molecule has 16 heavy (non-hydrogen) atoms. The van der Waals surface area contributed by atoms with Crippen LogP contribution in [0.2, 0.25) is 0 Å². The second-order valence-electron chi connectivity index (χ2n) is 5.23. The first-order chi connectivity index (χ1) is 7.64. The van der Waals surface area contributed by atoms with Crippen LogP contribution in [0.1, 0.15) is 56.7 Å². The smallest absolute Gasteiger partial charge is 0.113 e. The highest BCUT2D eigenvalue weighted by Gasteiger charge is 2.34. The highest BCUT2D eigenvalue weighted by molar-refractivity contribution is 7.09. The number of nitrogens with two attached hydrogens (primary N) is 1. The van der Waals surface area contributed by atoms with Gasteiger partial charge in [0.15, 0.2) is 0 Å². The average molecular weight is 238 g/mol. The van der Waals surface area contributed by atoms with E-state index in [-0.39, 0.29) is 5.54 Å². The number of hydrogen-bond acceptors (Lipinski definition) is 3. The predicted octanol–water partition coefficient (Wildman–Crippen LogP) is 3.46. The highest BCUT2D eigenvalue weighted by atomic mass is 32.1. The molecule has 1 aliphatic carbocycles. The SMILES string of the molecule is CCCc1csc(C2(N)CCC(C)CC2)n1. The van der Waals surface area contributed by atoms with Crippen LogP contribution in [0.15, 0.2) is 5.38 Å². The van der Waals surface area contributed by atoms with Crippen molar-refractivity contribution in [3.05, 3.63) is 16.1 Å². The van der Waals surface area contributed by atoms with E-state index in [4.69, 9.17) is 10.7 Å². The van der Waals surface area contributed by atoms with Crippen molar-refractivity contribution in [1.29, 1.82) is 0 Å². The van der Waals surface area contributed by atoms with Crippen LogP contribution in [-0.2, 0) is 12.0 Å². The molecule has 0 unspecified atom stereocenters. The van der Waals surface area contributed by atoms with E-state index in [1.807, 2.05) is 0 Å². The molecular formula is C13H22N2S. The van der Waals surface area contributed by atoms with Gasteiger partial charge in [-0.15, -0.1) is 11.3 Å². The third-order valence-electron chi connectivity index (χ3n) is 3.65. The van der Waals surface area contributed by atoms with Crippen LogP contribution in [-0.4, -0.2) is 4.98 Å². The normalized spacial score (nSPS) is 30.6. The topological polar surface area (TPSA) is 38.9 Å². The summed E-state index contributed by atoms with van der Waals surface area (Å²) in [5.74, 6) is 0.840. The molecule has 0 radical (unpaired) electrons. The molecule has 0 bridgehead atoms. The van der Waals surface area contributed by atoms with Crippen LogP contribution in [0.4, 0.5) is 0 Å². The molecule has 3 heteroatoms. The van der Waals surface area contributed by atoms with Gasteiger partial charge in [-0.3, -0.25) is 0 Å². The minimum Gasteiger partial charge on any atom is -0.319 e. The van der Waals surface area contributed by atoms with Crippen LogP contribution in [0.3, 0.4) is 0 Å². The zero-order chi connectivity index (χ0) is 11.6. The van der Waals surface area contributed by atoms with Gasteiger partial charge in [-0.05, 0) is 38.0 Å². The fraction of sp³-hybridized carbons (Fsp3) is 0.769. The summed E-state index contributed by atoms with van der Waals surface area (Å²) in [7, 11) is 0. The molecule has 1 aromatic rings. The molecule has 0 spiro atoms. The van der Waals surface area contributed by atoms with Crippen molar-refractivity contribution in [2.75, 3.05) is 0 Å². The van der Waals surface area contributed by atoms with E-state index in [1.165, 1.54) is 23.5 Å². The summed E-state index contributed by atoms with van der Waals surface area (Å²) in [6, 6.07) is 0. The van der Waals surface area contributed by atoms with Crippen molar-refractivity contribution in [1.82, 2.24) is 4.98 Å². The van der Waals surface area contributed by atoms with Gasteiger partial charge in [0.05, 0.1) is 11.2 Å². The Labute approximate surface area is 102 Å². The van der Waals surface area contributed by atoms with Gasteiger partial charge in [-0.2, -0.15) is 0 Å². The largest absolute Gasteiger partial charge is 0.319 e. The second kappa shape index (κ2) is 4.84. The number of rotatable bonds is 3. The second-order valence-corrected chi connectivity index (χ2v) is 6.09. The molecule has 1 fully saturated rings. The first-order valence-corrected chi connectivity index (χ1v) is 7.26. The third kappa shape index (κ3) is 2.46. The number of aryl methyl sites for hydroxylation is 1. The number of thiazole rings is 1. The zero-order valence-electron chi connectivity index (χ0n) is 10.3. The van der Waals surface area contributed by atoms with Crippen LogP contribution < -0.4 is 5.73 Å². The Bertz CT molecular complexity index is 337. The van der Waals surface area contributed by atoms with Gasteiger partial charge in [-0.25, -0.2) is 4.98 Å². The molecule has 1 heterocycles. The van der Waals surface area contributed by atoms with Crippen molar-refractivity contribution in [2.24, 2.45) is 11.7 Å². The quantitative estimate of drug-likeness (QED) is 0.876. The predicted molar refractivity (Wildman–Crippen MR) is 69.6 cm³/mol. The molecule has 1 saturated carbocycles. The third-order valence-corrected chi connectivity index (χ3v) is 4.76. The van der Waals surface area contributed by atoms with Crippen molar-refractivity contribution in [2.45, 2.75) is 57.9 Å². The van der Waals surface area contributed by atoms with Crippen LogP contribution >= 0.6 is 11.3 Å². The maximum absolute atomic E-state index is 6.50. The van der Waals surface area contributed by atoms with Gasteiger partial charge in [0, 0.05) is 5.38 Å². The number of nitrogens with zero attached hydrogens (tertiary/aromatic N) is 1. The summed E-state index contributed by atoms with van der Waals surface area (Å²) in [5, 5.41) is 3.36. The van der Waals surface area contributed by atoms with Gasteiger partial charge in [0.25, 0.3) is 0 Å². The Morgan fingerprint density at radius 3 is 2.81 bits per heavy atom. The van der Waals surface area contributed by atoms with Crippen molar-refractivity contribution >= 4 is 11.3 Å². The molecule has 2 N–H and O–H groups in total. The first kappa shape index (κ1) is 12.1. The molecular weight excluding hydrogens is 216 g/mol. The molecule has 0 aromatic carbocycles. The molecule has 1 aromatic heterocycles. The highest BCUT2D eigenvalue weighted by Crippen LogP contribution is 2.38. The molecule has 90 valence electrons. The van der Waals surface area contributed by atoms with E-state index >= 15 is 0 Å². The van der Waals surface area contributed by atoms with Crippen LogP contribution in [0, 0.1) is 5.92 Å². The summed E-state index contributed by atoms with van der Waals surface area (Å²) in [4.78, 5) is 4.71. The van der Waals surface area contributed by atoms with E-state index in [0.29, 0.717) is 0 Å². The summed E-state index contributed by atoms with van der Waals surface area (Å²) in [6.07, 6.45) is 6.96. The minimum absolute atomic E-state index is 0.122. The molecule has 0 saturated heterocycles. The average Bonchev–Trinajstić information content (AvgIpc) is 2.73. The lowest BCUT2D eigenvalue weighted by atomic mass is 9.78. The molecule has 0 atom stereocenters. The van der Waals surface area contributed by atoms with Crippen molar-refractivity contribution < 1.29 is 0 Å². The van der Waals surface area contributed by atoms with Crippen LogP contribution in [0.5, 0.6) is 0 Å². The van der Waals surface area contributed by atoms with E-state index < -0.39 is 0 Å².